The number of aromatic nitrogens is 2. The molecular weight excluding hydrogens is 214 g/mol. The molecule has 0 saturated heterocycles. The Hall–Kier alpha value is -0.870. The minimum atomic E-state index is 0.286. The monoisotopic (exact) mass is 239 g/mol. The van der Waals surface area contributed by atoms with Crippen LogP contribution in [0.4, 0.5) is 0 Å². The number of hydrogen-bond acceptors (Lipinski definition) is 3. The summed E-state index contributed by atoms with van der Waals surface area (Å²) in [6, 6.07) is 2.07. The summed E-state index contributed by atoms with van der Waals surface area (Å²) in [6.45, 7) is 7.43. The molecule has 0 aliphatic rings. The van der Waals surface area contributed by atoms with Gasteiger partial charge < -0.3 is 10.4 Å². The van der Waals surface area contributed by atoms with Gasteiger partial charge >= 0.3 is 0 Å². The first-order chi connectivity index (χ1) is 8.31. The third-order valence-corrected chi connectivity index (χ3v) is 3.09. The molecular formula is C13H25N3O. The van der Waals surface area contributed by atoms with Crippen molar-refractivity contribution in [3.05, 3.63) is 18.0 Å². The molecule has 17 heavy (non-hydrogen) atoms. The fourth-order valence-electron chi connectivity index (χ4n) is 1.96. The van der Waals surface area contributed by atoms with Gasteiger partial charge in [-0.1, -0.05) is 20.3 Å². The largest absolute Gasteiger partial charge is 0.396 e. The van der Waals surface area contributed by atoms with Crippen molar-refractivity contribution in [3.8, 4) is 0 Å². The molecule has 0 aliphatic heterocycles. The van der Waals surface area contributed by atoms with Gasteiger partial charge in [0, 0.05) is 25.9 Å². The van der Waals surface area contributed by atoms with Gasteiger partial charge in [-0.15, -0.1) is 0 Å². The van der Waals surface area contributed by atoms with E-state index in [-0.39, 0.29) is 6.61 Å². The number of nitrogens with zero attached hydrogens (tertiary/aromatic N) is 2. The highest BCUT2D eigenvalue weighted by atomic mass is 16.3. The Balaban J connectivity index is 2.31. The van der Waals surface area contributed by atoms with Gasteiger partial charge in [0.2, 0.25) is 0 Å². The second-order valence-corrected chi connectivity index (χ2v) is 4.46. The topological polar surface area (TPSA) is 50.1 Å². The molecule has 0 spiro atoms. The molecule has 0 radical (unpaired) electrons. The van der Waals surface area contributed by atoms with Crippen LogP contribution in [-0.4, -0.2) is 28.0 Å². The standard InChI is InChI=1S/C13H25N3O/c1-3-8-16-13(5-7-15-16)11-14-10-12(4-2)6-9-17/h5,7,12,14,17H,3-4,6,8-11H2,1-2H3. The quantitative estimate of drug-likeness (QED) is 0.691. The zero-order valence-corrected chi connectivity index (χ0v) is 11.0. The molecule has 1 atom stereocenters. The lowest BCUT2D eigenvalue weighted by atomic mass is 10.0. The van der Waals surface area contributed by atoms with Crippen molar-refractivity contribution in [2.75, 3.05) is 13.2 Å². The van der Waals surface area contributed by atoms with E-state index in [4.69, 9.17) is 5.11 Å². The van der Waals surface area contributed by atoms with E-state index in [1.807, 2.05) is 6.20 Å². The maximum Gasteiger partial charge on any atom is 0.0522 e. The van der Waals surface area contributed by atoms with Crippen LogP contribution in [0.2, 0.25) is 0 Å². The van der Waals surface area contributed by atoms with E-state index in [0.717, 1.165) is 38.9 Å². The molecule has 0 amide bonds. The van der Waals surface area contributed by atoms with Gasteiger partial charge in [-0.05, 0) is 31.4 Å². The molecule has 1 aromatic rings. The van der Waals surface area contributed by atoms with Crippen LogP contribution in [0.15, 0.2) is 12.3 Å². The first-order valence-corrected chi connectivity index (χ1v) is 6.64. The zero-order chi connectivity index (χ0) is 12.5. The molecule has 4 heteroatoms. The fraction of sp³-hybridized carbons (Fsp3) is 0.769. The molecule has 98 valence electrons. The molecule has 0 fully saturated rings. The number of hydrogen-bond donors (Lipinski definition) is 2. The van der Waals surface area contributed by atoms with E-state index >= 15 is 0 Å². The van der Waals surface area contributed by atoms with E-state index in [1.54, 1.807) is 0 Å². The van der Waals surface area contributed by atoms with Gasteiger partial charge in [0.1, 0.15) is 0 Å². The predicted molar refractivity (Wildman–Crippen MR) is 69.7 cm³/mol. The van der Waals surface area contributed by atoms with Crippen LogP contribution in [0.25, 0.3) is 0 Å². The summed E-state index contributed by atoms with van der Waals surface area (Å²) < 4.78 is 2.06. The highest BCUT2D eigenvalue weighted by molar-refractivity contribution is 4.99. The van der Waals surface area contributed by atoms with E-state index in [0.29, 0.717) is 5.92 Å². The number of aryl methyl sites for hydroxylation is 1. The highest BCUT2D eigenvalue weighted by Crippen LogP contribution is 2.06. The molecule has 4 nitrogen and oxygen atoms in total. The molecule has 0 aliphatic carbocycles. The van der Waals surface area contributed by atoms with Crippen LogP contribution in [0.1, 0.15) is 38.8 Å². The van der Waals surface area contributed by atoms with E-state index in [2.05, 4.69) is 35.0 Å². The lowest BCUT2D eigenvalue weighted by Gasteiger charge is -2.14. The average Bonchev–Trinajstić information content (AvgIpc) is 2.76. The zero-order valence-electron chi connectivity index (χ0n) is 11.0. The number of nitrogens with one attached hydrogen (secondary N) is 1. The van der Waals surface area contributed by atoms with Gasteiger partial charge in [0.15, 0.2) is 0 Å². The summed E-state index contributed by atoms with van der Waals surface area (Å²) in [4.78, 5) is 0. The Morgan fingerprint density at radius 2 is 2.29 bits per heavy atom. The van der Waals surface area contributed by atoms with Crippen molar-refractivity contribution < 1.29 is 5.11 Å². The van der Waals surface area contributed by atoms with Crippen LogP contribution in [-0.2, 0) is 13.1 Å². The number of rotatable bonds is 9. The lowest BCUT2D eigenvalue weighted by Crippen LogP contribution is -2.24. The maximum absolute atomic E-state index is 8.92. The van der Waals surface area contributed by atoms with Crippen LogP contribution < -0.4 is 5.32 Å². The number of aliphatic hydroxyl groups is 1. The van der Waals surface area contributed by atoms with Crippen LogP contribution >= 0.6 is 0 Å². The smallest absolute Gasteiger partial charge is 0.0522 e. The Morgan fingerprint density at radius 3 is 2.94 bits per heavy atom. The molecule has 0 saturated carbocycles. The average molecular weight is 239 g/mol. The molecule has 2 N–H and O–H groups in total. The van der Waals surface area contributed by atoms with Gasteiger partial charge in [-0.25, -0.2) is 0 Å². The second-order valence-electron chi connectivity index (χ2n) is 4.46. The molecule has 0 aromatic carbocycles. The van der Waals surface area contributed by atoms with Crippen molar-refractivity contribution in [3.63, 3.8) is 0 Å². The SMILES string of the molecule is CCCn1nccc1CNCC(CC)CCO. The summed E-state index contributed by atoms with van der Waals surface area (Å²) >= 11 is 0. The van der Waals surface area contributed by atoms with Gasteiger partial charge in [0.05, 0.1) is 5.69 Å². The lowest BCUT2D eigenvalue weighted by molar-refractivity contribution is 0.251. The van der Waals surface area contributed by atoms with Crippen molar-refractivity contribution >= 4 is 0 Å². The second kappa shape index (κ2) is 8.25. The van der Waals surface area contributed by atoms with E-state index < -0.39 is 0 Å². The van der Waals surface area contributed by atoms with E-state index in [1.165, 1.54) is 5.69 Å². The summed E-state index contributed by atoms with van der Waals surface area (Å²) in [6.07, 6.45) is 4.97. The first kappa shape index (κ1) is 14.2. The third-order valence-electron chi connectivity index (χ3n) is 3.09. The molecule has 1 aromatic heterocycles. The molecule has 1 unspecified atom stereocenters. The van der Waals surface area contributed by atoms with Gasteiger partial charge in [-0.2, -0.15) is 5.10 Å². The number of aliphatic hydroxyl groups excluding tert-OH is 1. The van der Waals surface area contributed by atoms with Crippen LogP contribution in [0.3, 0.4) is 0 Å². The summed E-state index contributed by atoms with van der Waals surface area (Å²) in [5.41, 5.74) is 1.24. The fourth-order valence-corrected chi connectivity index (χ4v) is 1.96. The maximum atomic E-state index is 8.92. The predicted octanol–water partition coefficient (Wildman–Crippen LogP) is 1.79. The normalized spacial score (nSPS) is 12.9. The highest BCUT2D eigenvalue weighted by Gasteiger charge is 2.06. The van der Waals surface area contributed by atoms with Crippen LogP contribution in [0.5, 0.6) is 0 Å². The summed E-state index contributed by atoms with van der Waals surface area (Å²) in [7, 11) is 0. The van der Waals surface area contributed by atoms with E-state index in [9.17, 15) is 0 Å². The minimum Gasteiger partial charge on any atom is -0.396 e. The van der Waals surface area contributed by atoms with Crippen molar-refractivity contribution in [2.24, 2.45) is 5.92 Å². The Labute approximate surface area is 104 Å². The van der Waals surface area contributed by atoms with Gasteiger partial charge in [-0.3, -0.25) is 4.68 Å². The Kier molecular flexibility index (Phi) is 6.89. The summed E-state index contributed by atoms with van der Waals surface area (Å²) in [5, 5.41) is 16.7. The summed E-state index contributed by atoms with van der Waals surface area (Å²) in [5.74, 6) is 0.572. The van der Waals surface area contributed by atoms with Crippen molar-refractivity contribution in [1.29, 1.82) is 0 Å². The Morgan fingerprint density at radius 1 is 1.47 bits per heavy atom. The Bertz CT molecular complexity index is 299. The third kappa shape index (κ3) is 4.88. The minimum absolute atomic E-state index is 0.286. The van der Waals surface area contributed by atoms with Crippen molar-refractivity contribution in [2.45, 2.75) is 46.2 Å². The molecule has 1 rings (SSSR count). The van der Waals surface area contributed by atoms with Crippen molar-refractivity contribution in [1.82, 2.24) is 15.1 Å². The first-order valence-electron chi connectivity index (χ1n) is 6.64. The van der Waals surface area contributed by atoms with Crippen LogP contribution in [0, 0.1) is 5.92 Å². The van der Waals surface area contributed by atoms with Gasteiger partial charge in [0.25, 0.3) is 0 Å². The molecule has 0 bridgehead atoms. The molecule has 1 heterocycles.